The Hall–Kier alpha value is -3.91. The second-order valence-electron chi connectivity index (χ2n) is 7.78. The van der Waals surface area contributed by atoms with Crippen molar-refractivity contribution in [2.45, 2.75) is 6.92 Å². The zero-order valence-electron chi connectivity index (χ0n) is 16.6. The van der Waals surface area contributed by atoms with Gasteiger partial charge in [-0.25, -0.2) is 0 Å². The van der Waals surface area contributed by atoms with Crippen molar-refractivity contribution >= 4 is 32.7 Å². The van der Waals surface area contributed by atoms with Crippen LogP contribution in [-0.4, -0.2) is 4.98 Å². The van der Waals surface area contributed by atoms with Crippen LogP contribution in [0.5, 0.6) is 0 Å². The lowest BCUT2D eigenvalue weighted by Crippen LogP contribution is -1.86. The van der Waals surface area contributed by atoms with Gasteiger partial charge in [-0.15, -0.1) is 0 Å². The molecule has 0 amide bonds. The Balaban J connectivity index is 1.51. The second-order valence-corrected chi connectivity index (χ2v) is 7.78. The van der Waals surface area contributed by atoms with E-state index in [2.05, 4.69) is 84.7 Å². The third-order valence-electron chi connectivity index (χ3n) is 5.77. The number of furan rings is 1. The average molecular weight is 385 g/mol. The molecule has 0 unspecified atom stereocenters. The zero-order valence-corrected chi connectivity index (χ0v) is 16.6. The molecule has 6 aromatic rings. The molecule has 2 nitrogen and oxygen atoms in total. The number of aromatic nitrogens is 1. The van der Waals surface area contributed by atoms with Gasteiger partial charge in [0, 0.05) is 22.5 Å². The third kappa shape index (κ3) is 2.69. The lowest BCUT2D eigenvalue weighted by Gasteiger charge is -2.08. The molecule has 2 aromatic heterocycles. The number of benzene rings is 4. The fraction of sp³-hybridized carbons (Fsp3) is 0.0357. The van der Waals surface area contributed by atoms with Crippen LogP contribution in [0.3, 0.4) is 0 Å². The number of rotatable bonds is 2. The molecule has 0 saturated heterocycles. The van der Waals surface area contributed by atoms with Gasteiger partial charge in [-0.2, -0.15) is 0 Å². The summed E-state index contributed by atoms with van der Waals surface area (Å²) in [5.41, 5.74) is 7.34. The number of pyridine rings is 1. The van der Waals surface area contributed by atoms with Crippen LogP contribution >= 0.6 is 0 Å². The van der Waals surface area contributed by atoms with Crippen LogP contribution in [-0.2, 0) is 0 Å². The van der Waals surface area contributed by atoms with Gasteiger partial charge in [0.05, 0.1) is 5.69 Å². The fourth-order valence-corrected chi connectivity index (χ4v) is 4.25. The molecule has 0 atom stereocenters. The number of hydrogen-bond acceptors (Lipinski definition) is 2. The van der Waals surface area contributed by atoms with Crippen molar-refractivity contribution in [3.8, 4) is 22.4 Å². The predicted octanol–water partition coefficient (Wildman–Crippen LogP) is 7.78. The van der Waals surface area contributed by atoms with Crippen LogP contribution in [0.1, 0.15) is 5.56 Å². The Morgan fingerprint density at radius 2 is 1.47 bits per heavy atom. The van der Waals surface area contributed by atoms with E-state index in [-0.39, 0.29) is 0 Å². The van der Waals surface area contributed by atoms with E-state index in [4.69, 9.17) is 4.42 Å². The van der Waals surface area contributed by atoms with Crippen molar-refractivity contribution < 1.29 is 4.42 Å². The largest absolute Gasteiger partial charge is 0.455 e. The summed E-state index contributed by atoms with van der Waals surface area (Å²) in [5.74, 6) is 0. The number of para-hydroxylation sites is 2. The molecule has 2 heteroatoms. The summed E-state index contributed by atoms with van der Waals surface area (Å²) >= 11 is 0. The minimum atomic E-state index is 0.886. The zero-order chi connectivity index (χ0) is 20.1. The van der Waals surface area contributed by atoms with Gasteiger partial charge in [0.2, 0.25) is 0 Å². The summed E-state index contributed by atoms with van der Waals surface area (Å²) in [6, 6.07) is 31.8. The molecule has 2 heterocycles. The van der Waals surface area contributed by atoms with Gasteiger partial charge in [-0.05, 0) is 59.2 Å². The molecular weight excluding hydrogens is 366 g/mol. The monoisotopic (exact) mass is 385 g/mol. The van der Waals surface area contributed by atoms with Gasteiger partial charge in [0.25, 0.3) is 0 Å². The number of hydrogen-bond donors (Lipinski definition) is 0. The van der Waals surface area contributed by atoms with Crippen LogP contribution in [0.15, 0.2) is 102 Å². The first kappa shape index (κ1) is 17.0. The topological polar surface area (TPSA) is 26.0 Å². The lowest BCUT2D eigenvalue weighted by molar-refractivity contribution is 0.670. The van der Waals surface area contributed by atoms with E-state index in [1.807, 2.05) is 24.4 Å². The quantitative estimate of drug-likeness (QED) is 0.304. The Kier molecular flexibility index (Phi) is 3.72. The lowest BCUT2D eigenvalue weighted by atomic mass is 9.99. The van der Waals surface area contributed by atoms with E-state index in [1.165, 1.54) is 21.9 Å². The second kappa shape index (κ2) is 6.57. The smallest absolute Gasteiger partial charge is 0.144 e. The molecule has 0 aliphatic heterocycles. The standard InChI is InChI=1S/C28H19NO/c1-18-9-10-20-16-21(12-11-19(20)15-18)22-13-14-29-26(17-22)25-7-4-6-24-23-5-2-3-8-27(23)30-28(24)25/h2-17H,1H3. The molecule has 4 aromatic carbocycles. The van der Waals surface area contributed by atoms with Gasteiger partial charge >= 0.3 is 0 Å². The van der Waals surface area contributed by atoms with Crippen molar-refractivity contribution in [2.75, 3.05) is 0 Å². The molecular formula is C28H19NO. The molecule has 0 aliphatic rings. The number of nitrogens with zero attached hydrogens (tertiary/aromatic N) is 1. The summed E-state index contributed by atoms with van der Waals surface area (Å²) in [5, 5.41) is 4.77. The molecule has 6 rings (SSSR count). The van der Waals surface area contributed by atoms with Crippen LogP contribution in [0.2, 0.25) is 0 Å². The van der Waals surface area contributed by atoms with E-state index < -0.39 is 0 Å². The highest BCUT2D eigenvalue weighted by atomic mass is 16.3. The molecule has 0 fully saturated rings. The normalized spacial score (nSPS) is 11.5. The molecule has 0 N–H and O–H groups in total. The molecule has 30 heavy (non-hydrogen) atoms. The number of fused-ring (bicyclic) bond motifs is 4. The van der Waals surface area contributed by atoms with Gasteiger partial charge in [0.1, 0.15) is 11.2 Å². The Morgan fingerprint density at radius 1 is 0.667 bits per heavy atom. The van der Waals surface area contributed by atoms with Gasteiger partial charge in [-0.3, -0.25) is 4.98 Å². The first-order valence-electron chi connectivity index (χ1n) is 10.1. The minimum Gasteiger partial charge on any atom is -0.455 e. The van der Waals surface area contributed by atoms with Crippen molar-refractivity contribution in [3.63, 3.8) is 0 Å². The molecule has 142 valence electrons. The van der Waals surface area contributed by atoms with E-state index in [1.54, 1.807) is 0 Å². The molecule has 0 aliphatic carbocycles. The van der Waals surface area contributed by atoms with Crippen molar-refractivity contribution in [1.82, 2.24) is 4.98 Å². The summed E-state index contributed by atoms with van der Waals surface area (Å²) in [6.45, 7) is 2.13. The van der Waals surface area contributed by atoms with Gasteiger partial charge < -0.3 is 4.42 Å². The minimum absolute atomic E-state index is 0.886. The maximum absolute atomic E-state index is 6.21. The van der Waals surface area contributed by atoms with Crippen LogP contribution in [0.4, 0.5) is 0 Å². The van der Waals surface area contributed by atoms with Crippen LogP contribution < -0.4 is 0 Å². The van der Waals surface area contributed by atoms with Crippen molar-refractivity contribution in [3.05, 3.63) is 103 Å². The highest BCUT2D eigenvalue weighted by Crippen LogP contribution is 2.36. The van der Waals surface area contributed by atoms with Gasteiger partial charge in [-0.1, -0.05) is 66.2 Å². The SMILES string of the molecule is Cc1ccc2cc(-c3ccnc(-c4cccc5c4oc4ccccc45)c3)ccc2c1. The van der Waals surface area contributed by atoms with Crippen molar-refractivity contribution in [2.24, 2.45) is 0 Å². The molecule has 0 saturated carbocycles. The van der Waals surface area contributed by atoms with E-state index in [0.717, 1.165) is 38.8 Å². The first-order valence-corrected chi connectivity index (χ1v) is 10.1. The molecule has 0 bridgehead atoms. The fourth-order valence-electron chi connectivity index (χ4n) is 4.25. The van der Waals surface area contributed by atoms with Crippen molar-refractivity contribution in [1.29, 1.82) is 0 Å². The Labute approximate surface area is 174 Å². The summed E-state index contributed by atoms with van der Waals surface area (Å²) in [7, 11) is 0. The molecule has 0 spiro atoms. The van der Waals surface area contributed by atoms with E-state index in [0.29, 0.717) is 0 Å². The van der Waals surface area contributed by atoms with E-state index in [9.17, 15) is 0 Å². The maximum Gasteiger partial charge on any atom is 0.144 e. The van der Waals surface area contributed by atoms with Crippen LogP contribution in [0, 0.1) is 6.92 Å². The Bertz CT molecular complexity index is 1560. The highest BCUT2D eigenvalue weighted by molar-refractivity contribution is 6.09. The van der Waals surface area contributed by atoms with Crippen LogP contribution in [0.25, 0.3) is 55.1 Å². The summed E-state index contributed by atoms with van der Waals surface area (Å²) in [4.78, 5) is 4.67. The van der Waals surface area contributed by atoms with Gasteiger partial charge in [0.15, 0.2) is 0 Å². The average Bonchev–Trinajstić information content (AvgIpc) is 3.18. The first-order chi connectivity index (χ1) is 14.8. The number of aryl methyl sites for hydroxylation is 1. The van der Waals surface area contributed by atoms with E-state index >= 15 is 0 Å². The maximum atomic E-state index is 6.21. The summed E-state index contributed by atoms with van der Waals surface area (Å²) in [6.07, 6.45) is 1.88. The molecule has 0 radical (unpaired) electrons. The Morgan fingerprint density at radius 3 is 2.43 bits per heavy atom. The summed E-state index contributed by atoms with van der Waals surface area (Å²) < 4.78 is 6.21. The highest BCUT2D eigenvalue weighted by Gasteiger charge is 2.13. The predicted molar refractivity (Wildman–Crippen MR) is 125 cm³/mol. The third-order valence-corrected chi connectivity index (χ3v) is 5.77.